The number of nitrogens with zero attached hydrogens (tertiary/aromatic N) is 1. The lowest BCUT2D eigenvalue weighted by Gasteiger charge is -2.14. The number of ether oxygens (including phenoxy) is 1. The average Bonchev–Trinajstić information content (AvgIpc) is 2.83. The van der Waals surface area contributed by atoms with Crippen molar-refractivity contribution in [3.63, 3.8) is 0 Å². The number of thiazole rings is 1. The third-order valence-corrected chi connectivity index (χ3v) is 3.47. The van der Waals surface area contributed by atoms with Gasteiger partial charge in [0.15, 0.2) is 6.10 Å². The number of benzene rings is 1. The van der Waals surface area contributed by atoms with Gasteiger partial charge >= 0.3 is 0 Å². The lowest BCUT2D eigenvalue weighted by Crippen LogP contribution is -2.35. The highest BCUT2D eigenvalue weighted by molar-refractivity contribution is 7.09. The average molecular weight is 276 g/mol. The molecule has 5 heteroatoms. The highest BCUT2D eigenvalue weighted by Gasteiger charge is 2.14. The maximum absolute atomic E-state index is 11.9. The first-order valence-electron chi connectivity index (χ1n) is 6.05. The molecule has 0 radical (unpaired) electrons. The quantitative estimate of drug-likeness (QED) is 0.913. The summed E-state index contributed by atoms with van der Waals surface area (Å²) in [4.78, 5) is 16.2. The second kappa shape index (κ2) is 6.33. The monoisotopic (exact) mass is 276 g/mol. The van der Waals surface area contributed by atoms with E-state index in [1.165, 1.54) is 0 Å². The molecule has 0 bridgehead atoms. The lowest BCUT2D eigenvalue weighted by atomic mass is 10.3. The minimum Gasteiger partial charge on any atom is -0.481 e. The van der Waals surface area contributed by atoms with Crippen molar-refractivity contribution in [1.29, 1.82) is 0 Å². The number of rotatable bonds is 5. The van der Waals surface area contributed by atoms with Crippen LogP contribution in [0.4, 0.5) is 0 Å². The molecule has 0 fully saturated rings. The van der Waals surface area contributed by atoms with Gasteiger partial charge in [-0.1, -0.05) is 18.2 Å². The molecule has 2 rings (SSSR count). The second-order valence-electron chi connectivity index (χ2n) is 4.17. The van der Waals surface area contributed by atoms with Gasteiger partial charge in [0, 0.05) is 11.1 Å². The fourth-order valence-electron chi connectivity index (χ4n) is 1.55. The van der Waals surface area contributed by atoms with Crippen LogP contribution < -0.4 is 10.1 Å². The predicted molar refractivity (Wildman–Crippen MR) is 75.2 cm³/mol. The molecule has 0 saturated heterocycles. The lowest BCUT2D eigenvalue weighted by molar-refractivity contribution is -0.127. The number of aromatic nitrogens is 1. The first kappa shape index (κ1) is 13.5. The van der Waals surface area contributed by atoms with E-state index in [4.69, 9.17) is 4.74 Å². The van der Waals surface area contributed by atoms with Gasteiger partial charge in [-0.25, -0.2) is 4.98 Å². The highest BCUT2D eigenvalue weighted by Crippen LogP contribution is 2.11. The van der Waals surface area contributed by atoms with Gasteiger partial charge in [-0.3, -0.25) is 4.79 Å². The molecule has 2 aromatic rings. The molecule has 0 aliphatic heterocycles. The number of carbonyl (C=O) groups excluding carboxylic acids is 1. The van der Waals surface area contributed by atoms with Crippen molar-refractivity contribution >= 4 is 17.2 Å². The maximum Gasteiger partial charge on any atom is 0.261 e. The number of aryl methyl sites for hydroxylation is 1. The summed E-state index contributed by atoms with van der Waals surface area (Å²) in [7, 11) is 0. The molecule has 0 aliphatic rings. The highest BCUT2D eigenvalue weighted by atomic mass is 32.1. The molecule has 0 saturated carbocycles. The van der Waals surface area contributed by atoms with Crippen molar-refractivity contribution in [3.8, 4) is 5.75 Å². The van der Waals surface area contributed by atoms with Crippen molar-refractivity contribution in [2.45, 2.75) is 26.5 Å². The first-order valence-corrected chi connectivity index (χ1v) is 6.93. The molecule has 0 aliphatic carbocycles. The van der Waals surface area contributed by atoms with Gasteiger partial charge in [0.25, 0.3) is 5.91 Å². The Hall–Kier alpha value is -1.88. The molecular weight excluding hydrogens is 260 g/mol. The summed E-state index contributed by atoms with van der Waals surface area (Å²) < 4.78 is 5.54. The molecule has 100 valence electrons. The topological polar surface area (TPSA) is 51.2 Å². The van der Waals surface area contributed by atoms with E-state index in [9.17, 15) is 4.79 Å². The van der Waals surface area contributed by atoms with E-state index < -0.39 is 6.10 Å². The van der Waals surface area contributed by atoms with Gasteiger partial charge in [0.05, 0.1) is 6.54 Å². The first-order chi connectivity index (χ1) is 9.15. The van der Waals surface area contributed by atoms with Gasteiger partial charge < -0.3 is 10.1 Å². The second-order valence-corrected chi connectivity index (χ2v) is 5.12. The van der Waals surface area contributed by atoms with Crippen LogP contribution in [0.15, 0.2) is 35.7 Å². The van der Waals surface area contributed by atoms with Gasteiger partial charge in [0.1, 0.15) is 10.8 Å². The van der Waals surface area contributed by atoms with Crippen LogP contribution in [0.25, 0.3) is 0 Å². The van der Waals surface area contributed by atoms with E-state index >= 15 is 0 Å². The number of para-hydroxylation sites is 1. The largest absolute Gasteiger partial charge is 0.481 e. The molecule has 0 unspecified atom stereocenters. The van der Waals surface area contributed by atoms with E-state index in [0.29, 0.717) is 12.3 Å². The van der Waals surface area contributed by atoms with Crippen molar-refractivity contribution in [2.24, 2.45) is 0 Å². The SMILES string of the molecule is Cc1csc(CNC(=O)[C@@H](C)Oc2ccccc2)n1. The standard InChI is InChI=1S/C14H16N2O2S/c1-10-9-19-13(16-10)8-15-14(17)11(2)18-12-6-4-3-5-7-12/h3-7,9,11H,8H2,1-2H3,(H,15,17)/t11-/m1/s1. The zero-order chi connectivity index (χ0) is 13.7. The van der Waals surface area contributed by atoms with Crippen LogP contribution in [0.5, 0.6) is 5.75 Å². The summed E-state index contributed by atoms with van der Waals surface area (Å²) in [5.74, 6) is 0.548. The molecule has 0 spiro atoms. The summed E-state index contributed by atoms with van der Waals surface area (Å²) >= 11 is 1.54. The van der Waals surface area contributed by atoms with Crippen LogP contribution in [0, 0.1) is 6.92 Å². The number of carbonyl (C=O) groups is 1. The Morgan fingerprint density at radius 3 is 2.79 bits per heavy atom. The molecule has 1 aromatic carbocycles. The van der Waals surface area contributed by atoms with Crippen LogP contribution in [0.3, 0.4) is 0 Å². The van der Waals surface area contributed by atoms with Crippen molar-refractivity contribution in [1.82, 2.24) is 10.3 Å². The number of nitrogens with one attached hydrogen (secondary N) is 1. The Balaban J connectivity index is 1.82. The molecule has 1 atom stereocenters. The van der Waals surface area contributed by atoms with Gasteiger partial charge in [-0.15, -0.1) is 11.3 Å². The van der Waals surface area contributed by atoms with Crippen LogP contribution >= 0.6 is 11.3 Å². The summed E-state index contributed by atoms with van der Waals surface area (Å²) in [6.07, 6.45) is -0.525. The Bertz CT molecular complexity index is 539. The molecule has 1 heterocycles. The molecular formula is C14H16N2O2S. The third kappa shape index (κ3) is 4.06. The van der Waals surface area contributed by atoms with Crippen LogP contribution in [0.1, 0.15) is 17.6 Å². The Morgan fingerprint density at radius 2 is 2.16 bits per heavy atom. The van der Waals surface area contributed by atoms with E-state index in [2.05, 4.69) is 10.3 Å². The summed E-state index contributed by atoms with van der Waals surface area (Å²) in [5, 5.41) is 5.68. The fraction of sp³-hybridized carbons (Fsp3) is 0.286. The van der Waals surface area contributed by atoms with E-state index in [1.54, 1.807) is 18.3 Å². The number of hydrogen-bond acceptors (Lipinski definition) is 4. The van der Waals surface area contributed by atoms with Crippen LogP contribution in [-0.2, 0) is 11.3 Å². The molecule has 1 amide bonds. The van der Waals surface area contributed by atoms with Crippen LogP contribution in [-0.4, -0.2) is 17.0 Å². The maximum atomic E-state index is 11.9. The number of amides is 1. The molecule has 19 heavy (non-hydrogen) atoms. The summed E-state index contributed by atoms with van der Waals surface area (Å²) in [6, 6.07) is 9.31. The zero-order valence-electron chi connectivity index (χ0n) is 10.9. The van der Waals surface area contributed by atoms with Gasteiger partial charge in [0.2, 0.25) is 0 Å². The van der Waals surface area contributed by atoms with Crippen molar-refractivity contribution in [2.75, 3.05) is 0 Å². The van der Waals surface area contributed by atoms with Gasteiger partial charge in [-0.2, -0.15) is 0 Å². The Morgan fingerprint density at radius 1 is 1.42 bits per heavy atom. The smallest absolute Gasteiger partial charge is 0.261 e. The fourth-order valence-corrected chi connectivity index (χ4v) is 2.26. The normalized spacial score (nSPS) is 11.9. The minimum atomic E-state index is -0.525. The molecule has 1 aromatic heterocycles. The van der Waals surface area contributed by atoms with Gasteiger partial charge in [-0.05, 0) is 26.0 Å². The summed E-state index contributed by atoms with van der Waals surface area (Å²) in [5.41, 5.74) is 0.975. The zero-order valence-corrected chi connectivity index (χ0v) is 11.7. The van der Waals surface area contributed by atoms with Crippen molar-refractivity contribution in [3.05, 3.63) is 46.4 Å². The van der Waals surface area contributed by atoms with E-state index in [1.807, 2.05) is 42.6 Å². The van der Waals surface area contributed by atoms with Crippen LogP contribution in [0.2, 0.25) is 0 Å². The van der Waals surface area contributed by atoms with E-state index in [0.717, 1.165) is 10.7 Å². The summed E-state index contributed by atoms with van der Waals surface area (Å²) in [6.45, 7) is 4.11. The molecule has 1 N–H and O–H groups in total. The minimum absolute atomic E-state index is 0.142. The number of hydrogen-bond donors (Lipinski definition) is 1. The molecule has 4 nitrogen and oxygen atoms in total. The third-order valence-electron chi connectivity index (χ3n) is 2.51. The van der Waals surface area contributed by atoms with E-state index in [-0.39, 0.29) is 5.91 Å². The Kier molecular flexibility index (Phi) is 4.52. The Labute approximate surface area is 116 Å². The van der Waals surface area contributed by atoms with Crippen molar-refractivity contribution < 1.29 is 9.53 Å². The predicted octanol–water partition coefficient (Wildman–Crippen LogP) is 2.54.